The first-order valence-electron chi connectivity index (χ1n) is 11.4. The van der Waals surface area contributed by atoms with Gasteiger partial charge in [0.2, 0.25) is 0 Å². The molecule has 40 heavy (non-hydrogen) atoms. The lowest BCUT2D eigenvalue weighted by molar-refractivity contribution is -0.394. The Hall–Kier alpha value is -4.82. The molecule has 4 rings (SSSR count). The molecule has 0 heterocycles. The lowest BCUT2D eigenvalue weighted by Gasteiger charge is -2.11. The second-order valence-corrected chi connectivity index (χ2v) is 10.8. The quantitative estimate of drug-likeness (QED) is 0.107. The third kappa shape index (κ3) is 5.92. The SMILES string of the molecule is Cc1ccc(SSc2ccc(C)c(-c3ccc([N+](=O)[O-])cc3[N+](=O)[O-])c2)cc1-c1ccc([N+](=O)[O-])cc1[N+](=O)[O-]. The van der Waals surface area contributed by atoms with Crippen LogP contribution >= 0.6 is 21.6 Å². The van der Waals surface area contributed by atoms with Crippen molar-refractivity contribution in [3.05, 3.63) is 124 Å². The highest BCUT2D eigenvalue weighted by atomic mass is 33.1. The van der Waals surface area contributed by atoms with Crippen LogP contribution in [0.3, 0.4) is 0 Å². The molecule has 0 N–H and O–H groups in total. The number of non-ortho nitro benzene ring substituents is 2. The van der Waals surface area contributed by atoms with Crippen molar-refractivity contribution in [2.45, 2.75) is 23.6 Å². The molecule has 4 aromatic carbocycles. The van der Waals surface area contributed by atoms with Crippen molar-refractivity contribution in [2.75, 3.05) is 0 Å². The summed E-state index contributed by atoms with van der Waals surface area (Å²) in [5, 5.41) is 45.6. The molecule has 0 fully saturated rings. The Labute approximate surface area is 234 Å². The second kappa shape index (κ2) is 11.5. The number of aryl methyl sites for hydroxylation is 2. The molecular weight excluding hydrogens is 560 g/mol. The highest BCUT2D eigenvalue weighted by Gasteiger charge is 2.23. The summed E-state index contributed by atoms with van der Waals surface area (Å²) >= 11 is 0. The molecule has 0 aliphatic rings. The van der Waals surface area contributed by atoms with Gasteiger partial charge in [0.05, 0.1) is 43.0 Å². The van der Waals surface area contributed by atoms with E-state index in [2.05, 4.69) is 0 Å². The van der Waals surface area contributed by atoms with E-state index >= 15 is 0 Å². The van der Waals surface area contributed by atoms with Gasteiger partial charge in [0.1, 0.15) is 0 Å². The molecule has 14 heteroatoms. The van der Waals surface area contributed by atoms with Crippen molar-refractivity contribution in [3.8, 4) is 22.3 Å². The minimum Gasteiger partial charge on any atom is -0.258 e. The van der Waals surface area contributed by atoms with Crippen LogP contribution in [0.4, 0.5) is 22.7 Å². The standard InChI is InChI=1S/C26H18N4O8S2/c1-15-3-7-19(13-23(15)21-9-5-17(27(31)32)11-25(21)29(35)36)39-40-20-8-4-16(2)24(14-20)22-10-6-18(28(33)34)12-26(22)30(37)38/h3-14H,1-2H3. The number of hydrogen-bond acceptors (Lipinski definition) is 10. The van der Waals surface area contributed by atoms with Crippen LogP contribution in [0.25, 0.3) is 22.3 Å². The summed E-state index contributed by atoms with van der Waals surface area (Å²) in [5.41, 5.74) is 1.60. The van der Waals surface area contributed by atoms with Gasteiger partial charge < -0.3 is 0 Å². The predicted molar refractivity (Wildman–Crippen MR) is 152 cm³/mol. The third-order valence-corrected chi connectivity index (χ3v) is 8.39. The zero-order valence-corrected chi connectivity index (χ0v) is 22.4. The first-order valence-corrected chi connectivity index (χ1v) is 13.5. The van der Waals surface area contributed by atoms with E-state index in [0.717, 1.165) is 33.1 Å². The average molecular weight is 579 g/mol. The second-order valence-electron chi connectivity index (χ2n) is 8.55. The molecule has 0 unspecified atom stereocenters. The number of nitro groups is 4. The number of benzene rings is 4. The largest absolute Gasteiger partial charge is 0.284 e. The van der Waals surface area contributed by atoms with Crippen LogP contribution in [0.1, 0.15) is 11.1 Å². The molecule has 0 bridgehead atoms. The minimum absolute atomic E-state index is 0.253. The van der Waals surface area contributed by atoms with Crippen molar-refractivity contribution in [1.29, 1.82) is 0 Å². The summed E-state index contributed by atoms with van der Waals surface area (Å²) in [4.78, 5) is 44.4. The van der Waals surface area contributed by atoms with E-state index < -0.39 is 19.7 Å². The average Bonchev–Trinajstić information content (AvgIpc) is 2.92. The van der Waals surface area contributed by atoms with Gasteiger partial charge in [0.25, 0.3) is 22.7 Å². The molecule has 0 atom stereocenters. The van der Waals surface area contributed by atoms with Gasteiger partial charge >= 0.3 is 0 Å². The zero-order valence-electron chi connectivity index (χ0n) is 20.8. The molecule has 0 saturated carbocycles. The number of rotatable bonds is 9. The molecule has 0 aromatic heterocycles. The van der Waals surface area contributed by atoms with Crippen LogP contribution in [0.5, 0.6) is 0 Å². The van der Waals surface area contributed by atoms with Gasteiger partial charge in [-0.05, 0) is 72.5 Å². The number of nitrogens with zero attached hydrogens (tertiary/aromatic N) is 4. The van der Waals surface area contributed by atoms with Crippen LogP contribution in [-0.2, 0) is 0 Å². The van der Waals surface area contributed by atoms with Crippen LogP contribution in [0, 0.1) is 54.3 Å². The van der Waals surface area contributed by atoms with Gasteiger partial charge in [0, 0.05) is 21.9 Å². The van der Waals surface area contributed by atoms with E-state index in [4.69, 9.17) is 0 Å². The van der Waals surface area contributed by atoms with Crippen molar-refractivity contribution < 1.29 is 19.7 Å². The Balaban J connectivity index is 1.65. The van der Waals surface area contributed by atoms with E-state index in [0.29, 0.717) is 11.1 Å². The lowest BCUT2D eigenvalue weighted by atomic mass is 9.99. The number of nitro benzene ring substituents is 4. The summed E-state index contributed by atoms with van der Waals surface area (Å²) in [5.74, 6) is 0. The van der Waals surface area contributed by atoms with Gasteiger partial charge in [-0.1, -0.05) is 33.7 Å². The normalized spacial score (nSPS) is 10.8. The molecule has 0 spiro atoms. The van der Waals surface area contributed by atoms with Gasteiger partial charge in [-0.2, -0.15) is 0 Å². The third-order valence-electron chi connectivity index (χ3n) is 6.01. The van der Waals surface area contributed by atoms with Crippen LogP contribution in [-0.4, -0.2) is 19.7 Å². The maximum atomic E-state index is 11.7. The van der Waals surface area contributed by atoms with Gasteiger partial charge in [-0.3, -0.25) is 40.5 Å². The fourth-order valence-electron chi connectivity index (χ4n) is 4.01. The lowest BCUT2D eigenvalue weighted by Crippen LogP contribution is -1.96. The van der Waals surface area contributed by atoms with Crippen LogP contribution in [0.2, 0.25) is 0 Å². The van der Waals surface area contributed by atoms with E-state index in [1.807, 2.05) is 12.1 Å². The topological polar surface area (TPSA) is 173 Å². The summed E-state index contributed by atoms with van der Waals surface area (Å²) in [7, 11) is 2.71. The fraction of sp³-hybridized carbons (Fsp3) is 0.0769. The van der Waals surface area contributed by atoms with Gasteiger partial charge in [-0.15, -0.1) is 0 Å². The smallest absolute Gasteiger partial charge is 0.258 e. The summed E-state index contributed by atoms with van der Waals surface area (Å²) in [6.45, 7) is 3.57. The fourth-order valence-corrected chi connectivity index (χ4v) is 5.98. The Morgan fingerprint density at radius 2 is 0.850 bits per heavy atom. The monoisotopic (exact) mass is 578 g/mol. The Kier molecular flexibility index (Phi) is 8.11. The minimum atomic E-state index is -0.687. The summed E-state index contributed by atoms with van der Waals surface area (Å²) in [6.07, 6.45) is 0. The van der Waals surface area contributed by atoms with Crippen molar-refractivity contribution >= 4 is 44.3 Å². The van der Waals surface area contributed by atoms with Crippen LogP contribution < -0.4 is 0 Å². The molecular formula is C26H18N4O8S2. The molecule has 0 radical (unpaired) electrons. The molecule has 0 aliphatic carbocycles. The molecule has 12 nitrogen and oxygen atoms in total. The molecule has 202 valence electrons. The van der Waals surface area contributed by atoms with Crippen LogP contribution in [0.15, 0.2) is 82.6 Å². The summed E-state index contributed by atoms with van der Waals surface area (Å²) in [6, 6.07) is 17.8. The van der Waals surface area contributed by atoms with E-state index in [-0.39, 0.29) is 33.9 Å². The first-order chi connectivity index (χ1) is 19.0. The Morgan fingerprint density at radius 1 is 0.475 bits per heavy atom. The van der Waals surface area contributed by atoms with Crippen molar-refractivity contribution in [2.24, 2.45) is 0 Å². The highest BCUT2D eigenvalue weighted by molar-refractivity contribution is 8.76. The zero-order chi connectivity index (χ0) is 29.1. The van der Waals surface area contributed by atoms with E-state index in [1.54, 1.807) is 38.1 Å². The maximum absolute atomic E-state index is 11.7. The van der Waals surface area contributed by atoms with Crippen molar-refractivity contribution in [3.63, 3.8) is 0 Å². The Morgan fingerprint density at radius 3 is 1.18 bits per heavy atom. The molecule has 0 aliphatic heterocycles. The predicted octanol–water partition coefficient (Wildman–Crippen LogP) is 8.07. The number of hydrogen-bond donors (Lipinski definition) is 0. The maximum Gasteiger partial charge on any atom is 0.284 e. The van der Waals surface area contributed by atoms with Gasteiger partial charge in [0.15, 0.2) is 0 Å². The molecule has 4 aromatic rings. The summed E-state index contributed by atoms with van der Waals surface area (Å²) < 4.78 is 0. The van der Waals surface area contributed by atoms with E-state index in [9.17, 15) is 40.5 Å². The van der Waals surface area contributed by atoms with E-state index in [1.165, 1.54) is 45.9 Å². The Bertz CT molecular complexity index is 1590. The van der Waals surface area contributed by atoms with Crippen molar-refractivity contribution in [1.82, 2.24) is 0 Å². The highest BCUT2D eigenvalue weighted by Crippen LogP contribution is 2.43. The molecule has 0 amide bonds. The first kappa shape index (κ1) is 28.2. The molecule has 0 saturated heterocycles. The van der Waals surface area contributed by atoms with Gasteiger partial charge in [-0.25, -0.2) is 0 Å².